The minimum absolute atomic E-state index is 0. The van der Waals surface area contributed by atoms with Crippen LogP contribution in [0.1, 0.15) is 18.4 Å². The quantitative estimate of drug-likeness (QED) is 0.775. The number of halogens is 2. The Bertz CT molecular complexity index is 238. The van der Waals surface area contributed by atoms with Gasteiger partial charge in [0.2, 0.25) is 0 Å². The van der Waals surface area contributed by atoms with E-state index in [1.54, 1.807) is 0 Å². The molecule has 3 heteroatoms. The summed E-state index contributed by atoms with van der Waals surface area (Å²) in [5.41, 5.74) is 6.63. The third kappa shape index (κ3) is 4.51. The third-order valence-corrected chi connectivity index (χ3v) is 2.23. The van der Waals surface area contributed by atoms with Gasteiger partial charge < -0.3 is 5.73 Å². The molecule has 0 aliphatic heterocycles. The van der Waals surface area contributed by atoms with Gasteiger partial charge in [0.05, 0.1) is 0 Å². The zero-order chi connectivity index (χ0) is 8.81. The van der Waals surface area contributed by atoms with Crippen molar-refractivity contribution in [2.45, 2.75) is 19.3 Å². The van der Waals surface area contributed by atoms with Gasteiger partial charge in [0, 0.05) is 5.02 Å². The monoisotopic (exact) mass is 219 g/mol. The van der Waals surface area contributed by atoms with Gasteiger partial charge in [-0.3, -0.25) is 0 Å². The van der Waals surface area contributed by atoms with Crippen LogP contribution in [0.15, 0.2) is 24.3 Å². The van der Waals surface area contributed by atoms with Gasteiger partial charge in [-0.25, -0.2) is 0 Å². The summed E-state index contributed by atoms with van der Waals surface area (Å²) in [4.78, 5) is 0. The van der Waals surface area contributed by atoms with Gasteiger partial charge in [0.15, 0.2) is 0 Å². The van der Waals surface area contributed by atoms with Crippen molar-refractivity contribution < 1.29 is 0 Å². The summed E-state index contributed by atoms with van der Waals surface area (Å²) in [6.45, 7) is 0.768. The molecule has 74 valence electrons. The van der Waals surface area contributed by atoms with Gasteiger partial charge in [0.1, 0.15) is 0 Å². The van der Waals surface area contributed by atoms with Crippen LogP contribution in [0.2, 0.25) is 5.02 Å². The molecular weight excluding hydrogens is 205 g/mol. The van der Waals surface area contributed by atoms with Crippen LogP contribution < -0.4 is 5.73 Å². The maximum Gasteiger partial charge on any atom is 0.0437 e. The van der Waals surface area contributed by atoms with E-state index in [9.17, 15) is 0 Å². The molecule has 0 spiro atoms. The molecule has 0 heterocycles. The van der Waals surface area contributed by atoms with Gasteiger partial charge in [-0.1, -0.05) is 29.8 Å². The predicted molar refractivity (Wildman–Crippen MR) is 60.7 cm³/mol. The first kappa shape index (κ1) is 12.8. The summed E-state index contributed by atoms with van der Waals surface area (Å²) >= 11 is 5.97. The molecule has 1 nitrogen and oxygen atoms in total. The maximum absolute atomic E-state index is 5.97. The van der Waals surface area contributed by atoms with Crippen LogP contribution in [0.5, 0.6) is 0 Å². The molecule has 0 saturated carbocycles. The van der Waals surface area contributed by atoms with E-state index in [1.807, 2.05) is 18.2 Å². The van der Waals surface area contributed by atoms with Crippen LogP contribution in [-0.2, 0) is 6.42 Å². The number of hydrogen-bond acceptors (Lipinski definition) is 1. The van der Waals surface area contributed by atoms with E-state index in [-0.39, 0.29) is 12.4 Å². The normalized spacial score (nSPS) is 9.38. The van der Waals surface area contributed by atoms with Crippen molar-refractivity contribution in [1.82, 2.24) is 0 Å². The molecule has 0 radical (unpaired) electrons. The summed E-state index contributed by atoms with van der Waals surface area (Å²) in [6.07, 6.45) is 3.24. The summed E-state index contributed by atoms with van der Waals surface area (Å²) in [5.74, 6) is 0. The highest BCUT2D eigenvalue weighted by atomic mass is 35.5. The largest absolute Gasteiger partial charge is 0.330 e. The SMILES string of the molecule is Cl.NCCCCc1ccccc1Cl. The molecule has 1 rings (SSSR count). The van der Waals surface area contributed by atoms with E-state index < -0.39 is 0 Å². The molecule has 0 bridgehead atoms. The first-order valence-corrected chi connectivity index (χ1v) is 4.66. The van der Waals surface area contributed by atoms with Crippen LogP contribution in [0.25, 0.3) is 0 Å². The average Bonchev–Trinajstić information content (AvgIpc) is 2.09. The van der Waals surface area contributed by atoms with E-state index >= 15 is 0 Å². The van der Waals surface area contributed by atoms with E-state index in [0.29, 0.717) is 0 Å². The maximum atomic E-state index is 5.97. The van der Waals surface area contributed by atoms with Crippen LogP contribution >= 0.6 is 24.0 Å². The Balaban J connectivity index is 0.00000144. The van der Waals surface area contributed by atoms with E-state index in [2.05, 4.69) is 6.07 Å². The van der Waals surface area contributed by atoms with Crippen molar-refractivity contribution in [2.24, 2.45) is 5.73 Å². The number of unbranched alkanes of at least 4 members (excludes halogenated alkanes) is 1. The number of hydrogen-bond donors (Lipinski definition) is 1. The lowest BCUT2D eigenvalue weighted by atomic mass is 10.1. The first-order valence-electron chi connectivity index (χ1n) is 4.28. The van der Waals surface area contributed by atoms with E-state index in [4.69, 9.17) is 17.3 Å². The lowest BCUT2D eigenvalue weighted by Gasteiger charge is -2.01. The molecule has 0 aromatic heterocycles. The van der Waals surface area contributed by atoms with E-state index in [0.717, 1.165) is 30.8 Å². The second kappa shape index (κ2) is 7.19. The molecule has 0 aliphatic carbocycles. The fraction of sp³-hybridized carbons (Fsp3) is 0.400. The standard InChI is InChI=1S/C10H14ClN.ClH/c11-10-7-2-1-5-9(10)6-3-4-8-12;/h1-2,5,7H,3-4,6,8,12H2;1H. The number of aryl methyl sites for hydroxylation is 1. The molecule has 1 aromatic carbocycles. The molecule has 0 aliphatic rings. The highest BCUT2D eigenvalue weighted by Gasteiger charge is 1.96. The second-order valence-electron chi connectivity index (χ2n) is 2.84. The highest BCUT2D eigenvalue weighted by molar-refractivity contribution is 6.31. The molecule has 2 N–H and O–H groups in total. The van der Waals surface area contributed by atoms with Gasteiger partial charge in [-0.05, 0) is 37.4 Å². The van der Waals surface area contributed by atoms with Gasteiger partial charge in [-0.15, -0.1) is 12.4 Å². The van der Waals surface area contributed by atoms with Crippen molar-refractivity contribution in [2.75, 3.05) is 6.54 Å². The summed E-state index contributed by atoms with van der Waals surface area (Å²) in [7, 11) is 0. The lowest BCUT2D eigenvalue weighted by molar-refractivity contribution is 0.745. The van der Waals surface area contributed by atoms with Gasteiger partial charge in [0.25, 0.3) is 0 Å². The van der Waals surface area contributed by atoms with Crippen molar-refractivity contribution in [3.8, 4) is 0 Å². The Morgan fingerprint density at radius 2 is 1.85 bits per heavy atom. The van der Waals surface area contributed by atoms with Crippen molar-refractivity contribution in [1.29, 1.82) is 0 Å². The smallest absolute Gasteiger partial charge is 0.0437 e. The second-order valence-corrected chi connectivity index (χ2v) is 3.24. The molecule has 13 heavy (non-hydrogen) atoms. The molecular formula is C10H15Cl2N. The first-order chi connectivity index (χ1) is 5.84. The molecule has 0 amide bonds. The van der Waals surface area contributed by atoms with Crippen molar-refractivity contribution in [3.63, 3.8) is 0 Å². The molecule has 0 atom stereocenters. The van der Waals surface area contributed by atoms with Crippen molar-refractivity contribution >= 4 is 24.0 Å². The topological polar surface area (TPSA) is 26.0 Å². The Hall–Kier alpha value is -0.240. The van der Waals surface area contributed by atoms with Crippen LogP contribution in [0.3, 0.4) is 0 Å². The third-order valence-electron chi connectivity index (χ3n) is 1.86. The van der Waals surface area contributed by atoms with Crippen molar-refractivity contribution in [3.05, 3.63) is 34.9 Å². The van der Waals surface area contributed by atoms with Crippen LogP contribution in [0, 0.1) is 0 Å². The summed E-state index contributed by atoms with van der Waals surface area (Å²) < 4.78 is 0. The van der Waals surface area contributed by atoms with Crippen LogP contribution in [0.4, 0.5) is 0 Å². The van der Waals surface area contributed by atoms with Crippen LogP contribution in [-0.4, -0.2) is 6.54 Å². The Morgan fingerprint density at radius 1 is 1.15 bits per heavy atom. The highest BCUT2D eigenvalue weighted by Crippen LogP contribution is 2.16. The fourth-order valence-corrected chi connectivity index (χ4v) is 1.39. The minimum atomic E-state index is 0. The summed E-state index contributed by atoms with van der Waals surface area (Å²) in [5, 5.41) is 0.870. The Labute approximate surface area is 90.7 Å². The Morgan fingerprint density at radius 3 is 2.46 bits per heavy atom. The predicted octanol–water partition coefficient (Wildman–Crippen LogP) is 3.04. The molecule has 0 saturated heterocycles. The fourth-order valence-electron chi connectivity index (χ4n) is 1.16. The Kier molecular flexibility index (Phi) is 7.06. The number of rotatable bonds is 4. The average molecular weight is 220 g/mol. The van der Waals surface area contributed by atoms with Gasteiger partial charge in [-0.2, -0.15) is 0 Å². The minimum Gasteiger partial charge on any atom is -0.330 e. The molecule has 0 unspecified atom stereocenters. The summed E-state index contributed by atoms with van der Waals surface area (Å²) in [6, 6.07) is 7.97. The van der Waals surface area contributed by atoms with Gasteiger partial charge >= 0.3 is 0 Å². The zero-order valence-electron chi connectivity index (χ0n) is 7.50. The van der Waals surface area contributed by atoms with E-state index in [1.165, 1.54) is 5.56 Å². The number of nitrogens with two attached hydrogens (primary N) is 1. The molecule has 1 aromatic rings. The number of benzene rings is 1. The lowest BCUT2D eigenvalue weighted by Crippen LogP contribution is -1.99. The zero-order valence-corrected chi connectivity index (χ0v) is 9.07. The molecule has 0 fully saturated rings.